The van der Waals surface area contributed by atoms with Crippen LogP contribution in [-0.2, 0) is 0 Å². The van der Waals surface area contributed by atoms with Gasteiger partial charge in [-0.1, -0.05) is 11.3 Å². The maximum absolute atomic E-state index is 10.3. The molecule has 0 saturated heterocycles. The molecule has 8 heteroatoms. The maximum Gasteiger partial charge on any atom is 0.433 e. The Hall–Kier alpha value is -1.54. The molecule has 0 N–H and O–H groups in total. The molecule has 0 unspecified atom stereocenters. The van der Waals surface area contributed by atoms with E-state index in [0.717, 1.165) is 3.79 Å². The first-order chi connectivity index (χ1) is 7.65. The van der Waals surface area contributed by atoms with Crippen molar-refractivity contribution in [3.63, 3.8) is 0 Å². The number of hydrogen-bond acceptors (Lipinski definition) is 6. The van der Waals surface area contributed by atoms with Gasteiger partial charge in [0.1, 0.15) is 4.92 Å². The Balaban J connectivity index is 2.14. The fraction of sp³-hybridized carbons (Fsp3) is 0. The summed E-state index contributed by atoms with van der Waals surface area (Å²) in [6.07, 6.45) is 3.01. The molecule has 0 spiro atoms. The van der Waals surface area contributed by atoms with Gasteiger partial charge >= 0.3 is 5.88 Å². The van der Waals surface area contributed by atoms with Gasteiger partial charge in [-0.15, -0.1) is 0 Å². The van der Waals surface area contributed by atoms with Gasteiger partial charge in [-0.05, 0) is 22.0 Å². The minimum atomic E-state index is -0.600. The van der Waals surface area contributed by atoms with Gasteiger partial charge < -0.3 is 4.42 Å². The van der Waals surface area contributed by atoms with Crippen molar-refractivity contribution in [3.8, 4) is 0 Å². The Labute approximate surface area is 102 Å². The lowest BCUT2D eigenvalue weighted by Gasteiger charge is -1.83. The third-order valence-electron chi connectivity index (χ3n) is 1.56. The second-order valence-corrected chi connectivity index (χ2v) is 5.03. The summed E-state index contributed by atoms with van der Waals surface area (Å²) in [5.74, 6) is 0.0137. The third kappa shape index (κ3) is 2.52. The molecule has 6 nitrogen and oxygen atoms in total. The standard InChI is InChI=1S/C8H4BrN3O3S/c9-6-4-11-8(16-6)10-3-5-1-2-7(15-5)12(13)14/h1-4H. The van der Waals surface area contributed by atoms with Crippen molar-refractivity contribution in [2.75, 3.05) is 0 Å². The van der Waals surface area contributed by atoms with E-state index in [9.17, 15) is 10.1 Å². The molecule has 16 heavy (non-hydrogen) atoms. The zero-order chi connectivity index (χ0) is 11.5. The molecule has 0 aromatic carbocycles. The van der Waals surface area contributed by atoms with E-state index in [2.05, 4.69) is 25.9 Å². The van der Waals surface area contributed by atoms with E-state index in [1.54, 1.807) is 6.20 Å². The van der Waals surface area contributed by atoms with E-state index in [0.29, 0.717) is 10.9 Å². The number of nitrogens with zero attached hydrogens (tertiary/aromatic N) is 3. The second-order valence-electron chi connectivity index (χ2n) is 2.64. The van der Waals surface area contributed by atoms with Crippen LogP contribution in [0.4, 0.5) is 11.0 Å². The number of aromatic nitrogens is 1. The fourth-order valence-corrected chi connectivity index (χ4v) is 1.96. The van der Waals surface area contributed by atoms with Crippen LogP contribution in [0.15, 0.2) is 31.5 Å². The topological polar surface area (TPSA) is 81.5 Å². The van der Waals surface area contributed by atoms with E-state index >= 15 is 0 Å². The highest BCUT2D eigenvalue weighted by Gasteiger charge is 2.10. The average Bonchev–Trinajstić information content (AvgIpc) is 2.83. The van der Waals surface area contributed by atoms with Crippen molar-refractivity contribution in [1.29, 1.82) is 0 Å². The van der Waals surface area contributed by atoms with Crippen LogP contribution in [0.2, 0.25) is 0 Å². The van der Waals surface area contributed by atoms with Crippen LogP contribution in [0.3, 0.4) is 0 Å². The molecule has 2 aromatic heterocycles. The summed E-state index contributed by atoms with van der Waals surface area (Å²) in [6.45, 7) is 0. The number of rotatable bonds is 3. The van der Waals surface area contributed by atoms with Crippen molar-refractivity contribution < 1.29 is 9.34 Å². The number of hydrogen-bond donors (Lipinski definition) is 0. The van der Waals surface area contributed by atoms with E-state index < -0.39 is 4.92 Å². The molecular formula is C8H4BrN3O3S. The highest BCUT2D eigenvalue weighted by Crippen LogP contribution is 2.25. The molecule has 0 fully saturated rings. The van der Waals surface area contributed by atoms with E-state index in [1.165, 1.54) is 29.7 Å². The van der Waals surface area contributed by atoms with Crippen LogP contribution >= 0.6 is 27.3 Å². The van der Waals surface area contributed by atoms with Crippen molar-refractivity contribution in [3.05, 3.63) is 38.0 Å². The van der Waals surface area contributed by atoms with Gasteiger partial charge in [-0.3, -0.25) is 10.1 Å². The predicted octanol–water partition coefficient (Wildman–Crippen LogP) is 3.16. The first kappa shape index (κ1) is 11.0. The number of thiazole rings is 1. The number of halogens is 1. The second kappa shape index (κ2) is 4.54. The molecule has 0 atom stereocenters. The van der Waals surface area contributed by atoms with Gasteiger partial charge in [0, 0.05) is 0 Å². The van der Waals surface area contributed by atoms with Crippen molar-refractivity contribution in [2.45, 2.75) is 0 Å². The largest absolute Gasteiger partial charge is 0.433 e. The molecule has 2 heterocycles. The predicted molar refractivity (Wildman–Crippen MR) is 62.4 cm³/mol. The zero-order valence-electron chi connectivity index (χ0n) is 7.66. The molecule has 0 bridgehead atoms. The number of aliphatic imine (C=N–C) groups is 1. The summed E-state index contributed by atoms with van der Waals surface area (Å²) in [5, 5.41) is 10.9. The molecule has 2 rings (SSSR count). The molecule has 0 amide bonds. The lowest BCUT2D eigenvalue weighted by molar-refractivity contribution is -0.402. The Bertz CT molecular complexity index is 548. The van der Waals surface area contributed by atoms with Gasteiger partial charge in [-0.25, -0.2) is 9.98 Å². The Morgan fingerprint density at radius 3 is 3.00 bits per heavy atom. The SMILES string of the molecule is O=[N+]([O-])c1ccc(C=Nc2ncc(Br)s2)o1. The van der Waals surface area contributed by atoms with Crippen LogP contribution in [0.5, 0.6) is 0 Å². The van der Waals surface area contributed by atoms with Gasteiger partial charge in [0.2, 0.25) is 5.13 Å². The van der Waals surface area contributed by atoms with Crippen molar-refractivity contribution >= 4 is 44.5 Å². The summed E-state index contributed by atoms with van der Waals surface area (Å²) in [5.41, 5.74) is 0. The van der Waals surface area contributed by atoms with E-state index in [-0.39, 0.29) is 5.88 Å². The van der Waals surface area contributed by atoms with Crippen LogP contribution in [-0.4, -0.2) is 16.1 Å². The van der Waals surface area contributed by atoms with Gasteiger partial charge in [0.25, 0.3) is 0 Å². The molecule has 0 aliphatic heterocycles. The zero-order valence-corrected chi connectivity index (χ0v) is 10.1. The first-order valence-corrected chi connectivity index (χ1v) is 5.66. The molecule has 0 aliphatic rings. The smallest absolute Gasteiger partial charge is 0.400 e. The lowest BCUT2D eigenvalue weighted by Crippen LogP contribution is -1.83. The summed E-state index contributed by atoms with van der Waals surface area (Å²) in [7, 11) is 0. The van der Waals surface area contributed by atoms with Gasteiger partial charge in [0.15, 0.2) is 5.76 Å². The Morgan fingerprint density at radius 1 is 1.62 bits per heavy atom. The van der Waals surface area contributed by atoms with Gasteiger partial charge in [0.05, 0.1) is 22.3 Å². The van der Waals surface area contributed by atoms with E-state index in [1.807, 2.05) is 0 Å². The molecule has 0 aliphatic carbocycles. The molecule has 0 radical (unpaired) electrons. The minimum absolute atomic E-state index is 0.304. The van der Waals surface area contributed by atoms with Crippen LogP contribution in [0, 0.1) is 10.1 Å². The summed E-state index contributed by atoms with van der Waals surface area (Å²) in [4.78, 5) is 17.7. The average molecular weight is 302 g/mol. The normalized spacial score (nSPS) is 11.1. The third-order valence-corrected chi connectivity index (χ3v) is 2.94. The molecule has 2 aromatic rings. The fourth-order valence-electron chi connectivity index (χ4n) is 0.934. The van der Waals surface area contributed by atoms with Crippen molar-refractivity contribution in [1.82, 2.24) is 4.98 Å². The first-order valence-electron chi connectivity index (χ1n) is 4.05. The number of nitro groups is 1. The summed E-state index contributed by atoms with van der Waals surface area (Å²) < 4.78 is 5.76. The van der Waals surface area contributed by atoms with Crippen LogP contribution in [0.25, 0.3) is 0 Å². The monoisotopic (exact) mass is 301 g/mol. The lowest BCUT2D eigenvalue weighted by atomic mass is 10.5. The van der Waals surface area contributed by atoms with Crippen LogP contribution in [0.1, 0.15) is 5.76 Å². The highest BCUT2D eigenvalue weighted by atomic mass is 79.9. The Kier molecular flexibility index (Phi) is 3.11. The van der Waals surface area contributed by atoms with Crippen molar-refractivity contribution in [2.24, 2.45) is 4.99 Å². The highest BCUT2D eigenvalue weighted by molar-refractivity contribution is 9.11. The molecule has 0 saturated carbocycles. The van der Waals surface area contributed by atoms with E-state index in [4.69, 9.17) is 4.42 Å². The summed E-state index contributed by atoms with van der Waals surface area (Å²) >= 11 is 4.60. The Morgan fingerprint density at radius 2 is 2.44 bits per heavy atom. The maximum atomic E-state index is 10.3. The van der Waals surface area contributed by atoms with Crippen LogP contribution < -0.4 is 0 Å². The minimum Gasteiger partial charge on any atom is -0.400 e. The number of furan rings is 1. The molecular weight excluding hydrogens is 298 g/mol. The van der Waals surface area contributed by atoms with Gasteiger partial charge in [-0.2, -0.15) is 0 Å². The quantitative estimate of drug-likeness (QED) is 0.495. The summed E-state index contributed by atoms with van der Waals surface area (Å²) in [6, 6.07) is 2.75. The molecule has 82 valence electrons.